The number of hydrogen-bond acceptors (Lipinski definition) is 4. The fourth-order valence-corrected chi connectivity index (χ4v) is 1.93. The van der Waals surface area contributed by atoms with Crippen LogP contribution in [0.1, 0.15) is 18.7 Å². The van der Waals surface area contributed by atoms with Crippen molar-refractivity contribution in [2.24, 2.45) is 0 Å². The summed E-state index contributed by atoms with van der Waals surface area (Å²) >= 11 is 0. The minimum absolute atomic E-state index is 0.0634. The zero-order valence-corrected chi connectivity index (χ0v) is 10.5. The highest BCUT2D eigenvalue weighted by molar-refractivity contribution is 5.57. The van der Waals surface area contributed by atoms with Crippen LogP contribution in [-0.4, -0.2) is 14.8 Å². The number of anilines is 1. The van der Waals surface area contributed by atoms with E-state index in [9.17, 15) is 0 Å². The van der Waals surface area contributed by atoms with Crippen molar-refractivity contribution in [3.05, 3.63) is 60.9 Å². The lowest BCUT2D eigenvalue weighted by atomic mass is 10.2. The summed E-state index contributed by atoms with van der Waals surface area (Å²) < 4.78 is 7.13. The van der Waals surface area contributed by atoms with Crippen molar-refractivity contribution in [3.8, 4) is 5.82 Å². The molecule has 5 heteroatoms. The van der Waals surface area contributed by atoms with E-state index in [0.29, 0.717) is 0 Å². The zero-order valence-electron chi connectivity index (χ0n) is 10.5. The number of aromatic nitrogens is 3. The molecule has 1 N–H and O–H groups in total. The highest BCUT2D eigenvalue weighted by Crippen LogP contribution is 2.23. The summed E-state index contributed by atoms with van der Waals surface area (Å²) in [5.41, 5.74) is 0.912. The summed E-state index contributed by atoms with van der Waals surface area (Å²) in [6.07, 6.45) is 7.02. The molecular weight excluding hydrogens is 240 g/mol. The Morgan fingerprint density at radius 3 is 2.89 bits per heavy atom. The number of hydrogen-bond donors (Lipinski definition) is 1. The summed E-state index contributed by atoms with van der Waals surface area (Å²) in [5, 5.41) is 7.59. The Morgan fingerprint density at radius 1 is 1.21 bits per heavy atom. The first-order chi connectivity index (χ1) is 9.34. The van der Waals surface area contributed by atoms with Gasteiger partial charge in [-0.05, 0) is 37.3 Å². The van der Waals surface area contributed by atoms with E-state index in [4.69, 9.17) is 4.42 Å². The largest absolute Gasteiger partial charge is 0.467 e. The van der Waals surface area contributed by atoms with Crippen molar-refractivity contribution in [2.45, 2.75) is 13.0 Å². The van der Waals surface area contributed by atoms with Gasteiger partial charge < -0.3 is 9.73 Å². The third kappa shape index (κ3) is 2.35. The van der Waals surface area contributed by atoms with Gasteiger partial charge in [0.2, 0.25) is 0 Å². The van der Waals surface area contributed by atoms with Crippen LogP contribution in [0.3, 0.4) is 0 Å². The third-order valence-electron chi connectivity index (χ3n) is 2.85. The monoisotopic (exact) mass is 254 g/mol. The van der Waals surface area contributed by atoms with Gasteiger partial charge in [-0.2, -0.15) is 5.10 Å². The van der Waals surface area contributed by atoms with Gasteiger partial charge in [0.15, 0.2) is 5.82 Å². The number of rotatable bonds is 4. The summed E-state index contributed by atoms with van der Waals surface area (Å²) in [5.74, 6) is 1.65. The van der Waals surface area contributed by atoms with Gasteiger partial charge in [0.25, 0.3) is 0 Å². The molecule has 1 atom stereocenters. The molecule has 0 saturated carbocycles. The van der Waals surface area contributed by atoms with Crippen molar-refractivity contribution in [3.63, 3.8) is 0 Å². The molecule has 0 aliphatic heterocycles. The molecule has 5 nitrogen and oxygen atoms in total. The van der Waals surface area contributed by atoms with Crippen molar-refractivity contribution >= 4 is 5.69 Å². The fourth-order valence-electron chi connectivity index (χ4n) is 1.93. The van der Waals surface area contributed by atoms with Crippen LogP contribution in [0.2, 0.25) is 0 Å². The highest BCUT2D eigenvalue weighted by atomic mass is 16.3. The Balaban J connectivity index is 1.89. The normalized spacial score (nSPS) is 12.3. The van der Waals surface area contributed by atoms with Gasteiger partial charge in [-0.3, -0.25) is 0 Å². The number of nitrogens with one attached hydrogen (secondary N) is 1. The summed E-state index contributed by atoms with van der Waals surface area (Å²) in [7, 11) is 0. The Morgan fingerprint density at radius 2 is 2.16 bits per heavy atom. The van der Waals surface area contributed by atoms with Gasteiger partial charge in [-0.15, -0.1) is 0 Å². The van der Waals surface area contributed by atoms with Crippen LogP contribution in [0.25, 0.3) is 5.82 Å². The summed E-state index contributed by atoms with van der Waals surface area (Å²) in [6, 6.07) is 9.63. The second-order valence-electron chi connectivity index (χ2n) is 4.21. The van der Waals surface area contributed by atoms with E-state index in [1.165, 1.54) is 0 Å². The van der Waals surface area contributed by atoms with Crippen LogP contribution >= 0.6 is 0 Å². The maximum absolute atomic E-state index is 5.39. The van der Waals surface area contributed by atoms with Crippen molar-refractivity contribution < 1.29 is 4.42 Å². The summed E-state index contributed by atoms with van der Waals surface area (Å²) in [6.45, 7) is 2.04. The van der Waals surface area contributed by atoms with Crippen molar-refractivity contribution in [1.29, 1.82) is 0 Å². The van der Waals surface area contributed by atoms with Crippen LogP contribution in [0.4, 0.5) is 5.69 Å². The molecular formula is C14H14N4O. The molecule has 0 spiro atoms. The molecule has 0 aliphatic rings. The Bertz CT molecular complexity index is 631. The first-order valence-electron chi connectivity index (χ1n) is 6.09. The topological polar surface area (TPSA) is 55.9 Å². The molecule has 1 unspecified atom stereocenters. The maximum Gasteiger partial charge on any atom is 0.176 e. The Kier molecular flexibility index (Phi) is 3.02. The smallest absolute Gasteiger partial charge is 0.176 e. The molecule has 0 aliphatic carbocycles. The molecule has 3 rings (SSSR count). The van der Waals surface area contributed by atoms with E-state index in [-0.39, 0.29) is 6.04 Å². The zero-order chi connectivity index (χ0) is 13.1. The third-order valence-corrected chi connectivity index (χ3v) is 2.85. The highest BCUT2D eigenvalue weighted by Gasteiger charge is 2.12. The molecule has 3 aromatic heterocycles. The standard InChI is InChI=1S/C14H14N4O/c1-11(13-6-3-10-19-13)17-12-5-2-7-15-14(12)18-9-4-8-16-18/h2-11,17H,1H3. The minimum atomic E-state index is 0.0634. The van der Waals surface area contributed by atoms with Crippen LogP contribution in [0.5, 0.6) is 0 Å². The fraction of sp³-hybridized carbons (Fsp3) is 0.143. The van der Waals surface area contributed by atoms with E-state index in [2.05, 4.69) is 15.4 Å². The second kappa shape index (κ2) is 4.97. The lowest BCUT2D eigenvalue weighted by molar-refractivity contribution is 0.490. The van der Waals surface area contributed by atoms with E-state index >= 15 is 0 Å². The Labute approximate surface area is 110 Å². The molecule has 96 valence electrons. The lowest BCUT2D eigenvalue weighted by Crippen LogP contribution is -2.10. The van der Waals surface area contributed by atoms with Gasteiger partial charge in [0, 0.05) is 18.6 Å². The van der Waals surface area contributed by atoms with Crippen molar-refractivity contribution in [2.75, 3.05) is 5.32 Å². The first-order valence-corrected chi connectivity index (χ1v) is 6.09. The number of nitrogens with zero attached hydrogens (tertiary/aromatic N) is 3. The maximum atomic E-state index is 5.39. The molecule has 0 amide bonds. The molecule has 3 heterocycles. The molecule has 3 aromatic rings. The van der Waals surface area contributed by atoms with E-state index in [1.807, 2.05) is 43.5 Å². The number of pyridine rings is 1. The van der Waals surface area contributed by atoms with Gasteiger partial charge in [-0.1, -0.05) is 0 Å². The quantitative estimate of drug-likeness (QED) is 0.777. The molecule has 0 saturated heterocycles. The number of furan rings is 1. The lowest BCUT2D eigenvalue weighted by Gasteiger charge is -2.15. The van der Waals surface area contributed by atoms with Crippen molar-refractivity contribution in [1.82, 2.24) is 14.8 Å². The molecule has 0 aromatic carbocycles. The van der Waals surface area contributed by atoms with Crippen LogP contribution in [0.15, 0.2) is 59.6 Å². The summed E-state index contributed by atoms with van der Waals surface area (Å²) in [4.78, 5) is 4.36. The molecule has 0 radical (unpaired) electrons. The first kappa shape index (κ1) is 11.5. The van der Waals surface area contributed by atoms with Gasteiger partial charge >= 0.3 is 0 Å². The average molecular weight is 254 g/mol. The van der Waals surface area contributed by atoms with Gasteiger partial charge in [0.05, 0.1) is 18.0 Å². The minimum Gasteiger partial charge on any atom is -0.467 e. The molecule has 0 bridgehead atoms. The van der Waals surface area contributed by atoms with E-state index in [0.717, 1.165) is 17.3 Å². The van der Waals surface area contributed by atoms with Crippen LogP contribution in [0, 0.1) is 0 Å². The van der Waals surface area contributed by atoms with E-state index < -0.39 is 0 Å². The molecule has 19 heavy (non-hydrogen) atoms. The SMILES string of the molecule is CC(Nc1cccnc1-n1cccn1)c1ccco1. The van der Waals surface area contributed by atoms with Gasteiger partial charge in [0.1, 0.15) is 5.76 Å². The van der Waals surface area contributed by atoms with E-state index in [1.54, 1.807) is 23.3 Å². The van der Waals surface area contributed by atoms with Gasteiger partial charge in [-0.25, -0.2) is 9.67 Å². The van der Waals surface area contributed by atoms with Crippen LogP contribution < -0.4 is 5.32 Å². The second-order valence-corrected chi connectivity index (χ2v) is 4.21. The Hall–Kier alpha value is -2.56. The predicted molar refractivity (Wildman–Crippen MR) is 72.1 cm³/mol. The molecule has 0 fully saturated rings. The van der Waals surface area contributed by atoms with Crippen LogP contribution in [-0.2, 0) is 0 Å². The average Bonchev–Trinajstić information content (AvgIpc) is 3.13. The predicted octanol–water partition coefficient (Wildman–Crippen LogP) is 3.03.